The molecule has 1 atom stereocenters. The van der Waals surface area contributed by atoms with Gasteiger partial charge in [-0.2, -0.15) is 0 Å². The van der Waals surface area contributed by atoms with Gasteiger partial charge in [-0.25, -0.2) is 0 Å². The number of ether oxygens (including phenoxy) is 1. The molecule has 1 aliphatic rings. The molecule has 0 saturated carbocycles. The van der Waals surface area contributed by atoms with Crippen LogP contribution in [0.3, 0.4) is 0 Å². The van der Waals surface area contributed by atoms with Gasteiger partial charge in [-0.3, -0.25) is 0 Å². The van der Waals surface area contributed by atoms with Gasteiger partial charge in [0.25, 0.3) is 0 Å². The van der Waals surface area contributed by atoms with Gasteiger partial charge in [0.1, 0.15) is 11.5 Å². The van der Waals surface area contributed by atoms with Gasteiger partial charge < -0.3 is 9.64 Å². The first-order valence-corrected chi connectivity index (χ1v) is 8.10. The Bertz CT molecular complexity index is 705. The summed E-state index contributed by atoms with van der Waals surface area (Å²) in [5.74, 6) is 1.68. The lowest BCUT2D eigenvalue weighted by Gasteiger charge is -2.30. The summed E-state index contributed by atoms with van der Waals surface area (Å²) in [6.07, 6.45) is 2.33. The number of likely N-dealkylation sites (tertiary alicyclic amines) is 1. The van der Waals surface area contributed by atoms with E-state index in [1.807, 2.05) is 48.5 Å². The van der Waals surface area contributed by atoms with E-state index in [4.69, 9.17) is 4.74 Å². The Morgan fingerprint density at radius 3 is 2.48 bits per heavy atom. The maximum Gasteiger partial charge on any atom is 0.136 e. The zero-order chi connectivity index (χ0) is 16.2. The Morgan fingerprint density at radius 1 is 1.04 bits per heavy atom. The molecule has 0 aromatic heterocycles. The van der Waals surface area contributed by atoms with Gasteiger partial charge in [0.05, 0.1) is 0 Å². The molecule has 1 unspecified atom stereocenters. The van der Waals surface area contributed by atoms with Crippen molar-refractivity contribution in [2.24, 2.45) is 0 Å². The summed E-state index contributed by atoms with van der Waals surface area (Å²) < 4.78 is 6.08. The highest BCUT2D eigenvalue weighted by molar-refractivity contribution is 5.68. The van der Waals surface area contributed by atoms with E-state index in [2.05, 4.69) is 31.0 Å². The second-order valence-corrected chi connectivity index (χ2v) is 6.06. The number of nitrogens with zero attached hydrogens (tertiary/aromatic N) is 1. The van der Waals surface area contributed by atoms with Gasteiger partial charge in [-0.15, -0.1) is 0 Å². The minimum absolute atomic E-state index is 0.382. The van der Waals surface area contributed by atoms with Crippen molar-refractivity contribution in [3.8, 4) is 11.5 Å². The number of rotatable bonds is 5. The fourth-order valence-electron chi connectivity index (χ4n) is 3.17. The van der Waals surface area contributed by atoms with E-state index in [0.29, 0.717) is 6.04 Å². The fourth-order valence-corrected chi connectivity index (χ4v) is 3.17. The Kier molecular flexibility index (Phi) is 4.52. The lowest BCUT2D eigenvalue weighted by molar-refractivity contribution is 0.406. The summed E-state index contributed by atoms with van der Waals surface area (Å²) in [7, 11) is 0. The van der Waals surface area contributed by atoms with Gasteiger partial charge in [0.2, 0.25) is 0 Å². The molecular weight excluding hydrogens is 282 g/mol. The Hall–Kier alpha value is -2.48. The lowest BCUT2D eigenvalue weighted by Crippen LogP contribution is -2.28. The monoisotopic (exact) mass is 305 g/mol. The first-order valence-electron chi connectivity index (χ1n) is 8.10. The molecule has 0 bridgehead atoms. The average Bonchev–Trinajstić information content (AvgIpc) is 3.06. The summed E-state index contributed by atoms with van der Waals surface area (Å²) in [6, 6.07) is 18.4. The third-order valence-electron chi connectivity index (χ3n) is 4.34. The van der Waals surface area contributed by atoms with Crippen LogP contribution < -0.4 is 4.74 Å². The van der Waals surface area contributed by atoms with Gasteiger partial charge in [0, 0.05) is 23.8 Å². The zero-order valence-electron chi connectivity index (χ0n) is 13.7. The van der Waals surface area contributed by atoms with Crippen LogP contribution in [0.4, 0.5) is 0 Å². The third-order valence-corrected chi connectivity index (χ3v) is 4.34. The molecule has 0 radical (unpaired) electrons. The maximum atomic E-state index is 6.08. The number of hydrogen-bond acceptors (Lipinski definition) is 2. The quantitative estimate of drug-likeness (QED) is 0.677. The highest BCUT2D eigenvalue weighted by Crippen LogP contribution is 2.35. The van der Waals surface area contributed by atoms with Crippen LogP contribution in [0.15, 0.2) is 73.3 Å². The standard InChI is InChI=1S/C21H23NO/c1-16(2)20-13-9-15-22(20)17(3)19-12-7-8-14-21(19)23-18-10-5-4-6-11-18/h4-8,10-12,14,20H,1,3,9,13,15H2,2H3. The van der Waals surface area contributed by atoms with Crippen LogP contribution in [0.1, 0.15) is 25.3 Å². The molecule has 23 heavy (non-hydrogen) atoms. The van der Waals surface area contributed by atoms with Crippen molar-refractivity contribution in [3.63, 3.8) is 0 Å². The summed E-state index contributed by atoms with van der Waals surface area (Å²) in [5, 5.41) is 0. The van der Waals surface area contributed by atoms with E-state index in [1.54, 1.807) is 0 Å². The zero-order valence-corrected chi connectivity index (χ0v) is 13.7. The summed E-state index contributed by atoms with van der Waals surface area (Å²) in [6.45, 7) is 11.6. The first kappa shape index (κ1) is 15.4. The predicted molar refractivity (Wildman–Crippen MR) is 96.5 cm³/mol. The molecule has 1 fully saturated rings. The van der Waals surface area contributed by atoms with Crippen molar-refractivity contribution in [2.75, 3.05) is 6.54 Å². The topological polar surface area (TPSA) is 12.5 Å². The molecule has 1 aliphatic heterocycles. The van der Waals surface area contributed by atoms with Crippen molar-refractivity contribution in [1.29, 1.82) is 0 Å². The van der Waals surface area contributed by atoms with Crippen LogP contribution in [-0.2, 0) is 0 Å². The molecule has 2 aromatic rings. The van der Waals surface area contributed by atoms with Crippen molar-refractivity contribution < 1.29 is 4.74 Å². The summed E-state index contributed by atoms with van der Waals surface area (Å²) >= 11 is 0. The number of para-hydroxylation sites is 2. The highest BCUT2D eigenvalue weighted by Gasteiger charge is 2.27. The second-order valence-electron chi connectivity index (χ2n) is 6.06. The number of hydrogen-bond donors (Lipinski definition) is 0. The van der Waals surface area contributed by atoms with E-state index >= 15 is 0 Å². The SMILES string of the molecule is C=C(C)C1CCCN1C(=C)c1ccccc1Oc1ccccc1. The largest absolute Gasteiger partial charge is 0.457 e. The van der Waals surface area contributed by atoms with Crippen LogP contribution >= 0.6 is 0 Å². The Balaban J connectivity index is 1.88. The summed E-state index contributed by atoms with van der Waals surface area (Å²) in [4.78, 5) is 2.36. The smallest absolute Gasteiger partial charge is 0.136 e. The molecule has 3 rings (SSSR count). The van der Waals surface area contributed by atoms with E-state index in [0.717, 1.165) is 35.7 Å². The van der Waals surface area contributed by atoms with Crippen molar-refractivity contribution in [1.82, 2.24) is 4.90 Å². The van der Waals surface area contributed by atoms with Crippen molar-refractivity contribution in [3.05, 3.63) is 78.9 Å². The van der Waals surface area contributed by atoms with Crippen molar-refractivity contribution >= 4 is 5.70 Å². The molecule has 0 N–H and O–H groups in total. The molecule has 0 amide bonds. The highest BCUT2D eigenvalue weighted by atomic mass is 16.5. The molecule has 2 heteroatoms. The Labute approximate surface area is 138 Å². The van der Waals surface area contributed by atoms with E-state index in [-0.39, 0.29) is 0 Å². The molecule has 0 spiro atoms. The van der Waals surface area contributed by atoms with Crippen LogP contribution in [0.2, 0.25) is 0 Å². The molecule has 1 heterocycles. The van der Waals surface area contributed by atoms with Gasteiger partial charge in [-0.1, -0.05) is 49.1 Å². The van der Waals surface area contributed by atoms with E-state index < -0.39 is 0 Å². The minimum atomic E-state index is 0.382. The van der Waals surface area contributed by atoms with Gasteiger partial charge in [0.15, 0.2) is 0 Å². The molecule has 1 saturated heterocycles. The number of benzene rings is 2. The van der Waals surface area contributed by atoms with Crippen LogP contribution in [-0.4, -0.2) is 17.5 Å². The van der Waals surface area contributed by atoms with E-state index in [9.17, 15) is 0 Å². The van der Waals surface area contributed by atoms with Crippen molar-refractivity contribution in [2.45, 2.75) is 25.8 Å². The fraction of sp³-hybridized carbons (Fsp3) is 0.238. The van der Waals surface area contributed by atoms with Crippen LogP contribution in [0.25, 0.3) is 5.70 Å². The average molecular weight is 305 g/mol. The van der Waals surface area contributed by atoms with Gasteiger partial charge >= 0.3 is 0 Å². The maximum absolute atomic E-state index is 6.08. The molecule has 118 valence electrons. The first-order chi connectivity index (χ1) is 11.2. The van der Waals surface area contributed by atoms with Crippen LogP contribution in [0.5, 0.6) is 11.5 Å². The van der Waals surface area contributed by atoms with E-state index in [1.165, 1.54) is 12.0 Å². The molecule has 2 nitrogen and oxygen atoms in total. The predicted octanol–water partition coefficient (Wildman–Crippen LogP) is 5.49. The second kappa shape index (κ2) is 6.74. The normalized spacial score (nSPS) is 17.1. The Morgan fingerprint density at radius 2 is 1.74 bits per heavy atom. The summed E-state index contributed by atoms with van der Waals surface area (Å²) in [5.41, 5.74) is 3.26. The lowest BCUT2D eigenvalue weighted by atomic mass is 10.1. The third kappa shape index (κ3) is 3.31. The van der Waals surface area contributed by atoms with Gasteiger partial charge in [-0.05, 0) is 44.0 Å². The molecule has 2 aromatic carbocycles. The molecular formula is C21H23NO. The molecule has 0 aliphatic carbocycles. The minimum Gasteiger partial charge on any atom is -0.457 e. The van der Waals surface area contributed by atoms with Crippen LogP contribution in [0, 0.1) is 0 Å².